The minimum Gasteiger partial charge on any atom is -0.389 e. The number of hydrogen-bond acceptors (Lipinski definition) is 5. The van der Waals surface area contributed by atoms with Crippen molar-refractivity contribution in [3.8, 4) is 0 Å². The monoisotopic (exact) mass is 292 g/mol. The number of aryl methyl sites for hydroxylation is 3. The summed E-state index contributed by atoms with van der Waals surface area (Å²) in [7, 11) is 0. The molecule has 0 fully saturated rings. The lowest BCUT2D eigenvalue weighted by Crippen LogP contribution is -2.16. The van der Waals surface area contributed by atoms with Gasteiger partial charge in [0, 0.05) is 28.1 Å². The number of pyridine rings is 1. The summed E-state index contributed by atoms with van der Waals surface area (Å²) in [6, 6.07) is 1.96. The highest BCUT2D eigenvalue weighted by atomic mass is 32.1. The van der Waals surface area contributed by atoms with Crippen LogP contribution in [0.25, 0.3) is 0 Å². The first kappa shape index (κ1) is 13.9. The lowest BCUT2D eigenvalue weighted by Gasteiger charge is -2.13. The first-order chi connectivity index (χ1) is 8.97. The van der Waals surface area contributed by atoms with Gasteiger partial charge in [0.15, 0.2) is 0 Å². The summed E-state index contributed by atoms with van der Waals surface area (Å²) < 4.78 is 0. The molecule has 0 aliphatic carbocycles. The van der Waals surface area contributed by atoms with E-state index in [0.717, 1.165) is 33.3 Å². The highest BCUT2D eigenvalue weighted by molar-refractivity contribution is 7.80. The van der Waals surface area contributed by atoms with Crippen LogP contribution >= 0.6 is 23.6 Å². The van der Waals surface area contributed by atoms with Crippen molar-refractivity contribution in [1.82, 2.24) is 9.97 Å². The van der Waals surface area contributed by atoms with Crippen molar-refractivity contribution < 1.29 is 0 Å². The molecule has 4 nitrogen and oxygen atoms in total. The van der Waals surface area contributed by atoms with E-state index < -0.39 is 0 Å². The second-order valence-corrected chi connectivity index (χ2v) is 5.75. The van der Waals surface area contributed by atoms with E-state index in [1.165, 1.54) is 0 Å². The molecule has 19 heavy (non-hydrogen) atoms. The molecule has 2 aromatic heterocycles. The number of nitrogens with zero attached hydrogens (tertiary/aromatic N) is 2. The van der Waals surface area contributed by atoms with Crippen LogP contribution in [0.15, 0.2) is 11.4 Å². The maximum absolute atomic E-state index is 5.78. The van der Waals surface area contributed by atoms with Crippen LogP contribution in [0.4, 0.5) is 5.69 Å². The quantitative estimate of drug-likeness (QED) is 0.848. The highest BCUT2D eigenvalue weighted by Gasteiger charge is 2.11. The highest BCUT2D eigenvalue weighted by Crippen LogP contribution is 2.21. The van der Waals surface area contributed by atoms with Gasteiger partial charge in [-0.3, -0.25) is 4.98 Å². The molecule has 2 rings (SSSR count). The Hall–Kier alpha value is -1.53. The van der Waals surface area contributed by atoms with Crippen LogP contribution in [-0.4, -0.2) is 15.0 Å². The lowest BCUT2D eigenvalue weighted by atomic mass is 10.1. The summed E-state index contributed by atoms with van der Waals surface area (Å²) in [5, 5.41) is 6.42. The fraction of sp³-hybridized carbons (Fsp3) is 0.308. The van der Waals surface area contributed by atoms with E-state index in [2.05, 4.69) is 15.3 Å². The number of aromatic nitrogens is 2. The van der Waals surface area contributed by atoms with Gasteiger partial charge >= 0.3 is 0 Å². The third kappa shape index (κ3) is 3.27. The molecule has 0 amide bonds. The fourth-order valence-corrected chi connectivity index (χ4v) is 2.90. The molecule has 3 N–H and O–H groups in total. The fourth-order valence-electron chi connectivity index (χ4n) is 1.93. The zero-order chi connectivity index (χ0) is 14.0. The molecular formula is C13H16N4S2. The molecule has 0 spiro atoms. The summed E-state index contributed by atoms with van der Waals surface area (Å²) in [4.78, 5) is 9.18. The topological polar surface area (TPSA) is 63.8 Å². The summed E-state index contributed by atoms with van der Waals surface area (Å²) in [6.45, 7) is 6.52. The Morgan fingerprint density at radius 1 is 1.32 bits per heavy atom. The second-order valence-electron chi connectivity index (χ2n) is 4.37. The van der Waals surface area contributed by atoms with Crippen LogP contribution in [0.1, 0.15) is 27.7 Å². The van der Waals surface area contributed by atoms with E-state index in [-0.39, 0.29) is 0 Å². The molecule has 6 heteroatoms. The van der Waals surface area contributed by atoms with Gasteiger partial charge in [-0.2, -0.15) is 0 Å². The third-order valence-corrected chi connectivity index (χ3v) is 3.84. The van der Waals surface area contributed by atoms with Gasteiger partial charge in [-0.05, 0) is 26.8 Å². The van der Waals surface area contributed by atoms with Crippen molar-refractivity contribution in [2.24, 2.45) is 5.73 Å². The van der Waals surface area contributed by atoms with Crippen LogP contribution in [0, 0.1) is 20.8 Å². The van der Waals surface area contributed by atoms with Gasteiger partial charge in [-0.15, -0.1) is 11.3 Å². The first-order valence-corrected chi connectivity index (χ1v) is 7.19. The summed E-state index contributed by atoms with van der Waals surface area (Å²) in [5.74, 6) is 0. The molecule has 100 valence electrons. The Kier molecular flexibility index (Phi) is 4.11. The Morgan fingerprint density at radius 3 is 2.63 bits per heavy atom. The number of hydrogen-bond donors (Lipinski definition) is 2. The predicted molar refractivity (Wildman–Crippen MR) is 83.8 cm³/mol. The van der Waals surface area contributed by atoms with E-state index >= 15 is 0 Å². The molecule has 2 heterocycles. The standard InChI is InChI=1S/C13H16N4S2/c1-7-4-10(12(13(14)18)9(3)16-7)15-5-11-17-8(2)6-19-11/h4,6H,5H2,1-3H3,(H2,14,18)(H,15,16). The average molecular weight is 292 g/mol. The molecule has 0 saturated heterocycles. The van der Waals surface area contributed by atoms with E-state index in [9.17, 15) is 0 Å². The van der Waals surface area contributed by atoms with Gasteiger partial charge in [-0.1, -0.05) is 12.2 Å². The van der Waals surface area contributed by atoms with Crippen molar-refractivity contribution in [3.05, 3.63) is 39.1 Å². The number of nitrogens with one attached hydrogen (secondary N) is 1. The Morgan fingerprint density at radius 2 is 2.05 bits per heavy atom. The molecule has 0 radical (unpaired) electrons. The van der Waals surface area contributed by atoms with Gasteiger partial charge in [0.2, 0.25) is 0 Å². The van der Waals surface area contributed by atoms with Crippen molar-refractivity contribution in [1.29, 1.82) is 0 Å². The summed E-state index contributed by atoms with van der Waals surface area (Å²) in [6.07, 6.45) is 0. The van der Waals surface area contributed by atoms with Crippen LogP contribution < -0.4 is 11.1 Å². The Balaban J connectivity index is 2.26. The molecule has 0 aliphatic heterocycles. The molecule has 0 aliphatic rings. The van der Waals surface area contributed by atoms with Crippen LogP contribution in [0.5, 0.6) is 0 Å². The average Bonchev–Trinajstić information content (AvgIpc) is 2.71. The SMILES string of the molecule is Cc1csc(CNc2cc(C)nc(C)c2C(N)=S)n1. The second kappa shape index (κ2) is 5.63. The Bertz CT molecular complexity index is 619. The van der Waals surface area contributed by atoms with Gasteiger partial charge in [0.1, 0.15) is 10.00 Å². The van der Waals surface area contributed by atoms with Crippen LogP contribution in [-0.2, 0) is 6.54 Å². The van der Waals surface area contributed by atoms with E-state index in [0.29, 0.717) is 11.5 Å². The van der Waals surface area contributed by atoms with Crippen molar-refractivity contribution in [2.45, 2.75) is 27.3 Å². The van der Waals surface area contributed by atoms with Crippen molar-refractivity contribution in [3.63, 3.8) is 0 Å². The summed E-state index contributed by atoms with van der Waals surface area (Å²) >= 11 is 6.74. The lowest BCUT2D eigenvalue weighted by molar-refractivity contribution is 1.06. The number of anilines is 1. The van der Waals surface area contributed by atoms with Gasteiger partial charge in [0.25, 0.3) is 0 Å². The Labute approximate surface area is 122 Å². The minimum atomic E-state index is 0.364. The van der Waals surface area contributed by atoms with Gasteiger partial charge < -0.3 is 11.1 Å². The maximum atomic E-state index is 5.78. The largest absolute Gasteiger partial charge is 0.389 e. The zero-order valence-corrected chi connectivity index (χ0v) is 12.8. The predicted octanol–water partition coefficient (Wildman–Crippen LogP) is 2.71. The smallest absolute Gasteiger partial charge is 0.112 e. The van der Waals surface area contributed by atoms with E-state index in [4.69, 9.17) is 18.0 Å². The van der Waals surface area contributed by atoms with Gasteiger partial charge in [0.05, 0.1) is 12.1 Å². The van der Waals surface area contributed by atoms with Crippen LogP contribution in [0.2, 0.25) is 0 Å². The molecule has 2 aromatic rings. The maximum Gasteiger partial charge on any atom is 0.112 e. The molecule has 0 atom stereocenters. The first-order valence-electron chi connectivity index (χ1n) is 5.90. The van der Waals surface area contributed by atoms with Crippen molar-refractivity contribution >= 4 is 34.2 Å². The minimum absolute atomic E-state index is 0.364. The zero-order valence-electron chi connectivity index (χ0n) is 11.2. The normalized spacial score (nSPS) is 10.5. The van der Waals surface area contributed by atoms with Gasteiger partial charge in [-0.25, -0.2) is 4.98 Å². The molecule has 0 bridgehead atoms. The van der Waals surface area contributed by atoms with Crippen molar-refractivity contribution in [2.75, 3.05) is 5.32 Å². The van der Waals surface area contributed by atoms with Crippen LogP contribution in [0.3, 0.4) is 0 Å². The number of thiocarbonyl (C=S) groups is 1. The number of nitrogens with two attached hydrogens (primary N) is 1. The molecular weight excluding hydrogens is 276 g/mol. The molecule has 0 saturated carbocycles. The molecule has 0 unspecified atom stereocenters. The van der Waals surface area contributed by atoms with E-state index in [1.807, 2.05) is 32.2 Å². The third-order valence-electron chi connectivity index (χ3n) is 2.67. The molecule has 0 aromatic carbocycles. The van der Waals surface area contributed by atoms with E-state index in [1.54, 1.807) is 11.3 Å². The summed E-state index contributed by atoms with van der Waals surface area (Å²) in [5.41, 5.74) is 10.3. The number of rotatable bonds is 4. The number of thiazole rings is 1.